The molecule has 1 saturated carbocycles. The molecule has 1 aliphatic rings. The molecule has 0 spiro atoms. The number of imidazole rings is 1. The average molecular weight is 337 g/mol. The third-order valence-corrected chi connectivity index (χ3v) is 4.06. The first-order valence-corrected chi connectivity index (χ1v) is 7.96. The van der Waals surface area contributed by atoms with Crippen molar-refractivity contribution in [3.63, 3.8) is 0 Å². The predicted molar refractivity (Wildman–Crippen MR) is 91.2 cm³/mol. The van der Waals surface area contributed by atoms with Crippen LogP contribution in [0.25, 0.3) is 5.82 Å². The Morgan fingerprint density at radius 1 is 1.28 bits per heavy atom. The molecule has 0 aliphatic heterocycles. The summed E-state index contributed by atoms with van der Waals surface area (Å²) in [6.45, 7) is -2.29. The van der Waals surface area contributed by atoms with Crippen LogP contribution in [0.15, 0.2) is 48.9 Å². The SMILES string of the molecule is [2H]C([2H])(Oc1cccc(O)c1C=O)c1cccnc1-n1ccnc1C1CC1. The molecule has 1 aromatic carbocycles. The maximum absolute atomic E-state index is 11.3. The summed E-state index contributed by atoms with van der Waals surface area (Å²) < 4.78 is 24.2. The van der Waals surface area contributed by atoms with Gasteiger partial charge in [-0.2, -0.15) is 0 Å². The van der Waals surface area contributed by atoms with Gasteiger partial charge in [0.05, 0.1) is 8.30 Å². The van der Waals surface area contributed by atoms with Gasteiger partial charge >= 0.3 is 0 Å². The molecule has 0 amide bonds. The van der Waals surface area contributed by atoms with Gasteiger partial charge in [-0.15, -0.1) is 0 Å². The van der Waals surface area contributed by atoms with Gasteiger partial charge in [-0.1, -0.05) is 12.1 Å². The van der Waals surface area contributed by atoms with Crippen LogP contribution in [-0.4, -0.2) is 25.9 Å². The van der Waals surface area contributed by atoms with Crippen molar-refractivity contribution in [1.82, 2.24) is 14.5 Å². The van der Waals surface area contributed by atoms with Crippen LogP contribution in [0.3, 0.4) is 0 Å². The summed E-state index contributed by atoms with van der Waals surface area (Å²) >= 11 is 0. The summed E-state index contributed by atoms with van der Waals surface area (Å²) in [6, 6.07) is 7.47. The lowest BCUT2D eigenvalue weighted by molar-refractivity contribution is 0.111. The highest BCUT2D eigenvalue weighted by atomic mass is 16.5. The second kappa shape index (κ2) is 6.39. The number of ether oxygens (including phenoxy) is 1. The maximum Gasteiger partial charge on any atom is 0.157 e. The Bertz CT molecular complexity index is 999. The number of aldehydes is 1. The summed E-state index contributed by atoms with van der Waals surface area (Å²) in [6.07, 6.45) is 7.54. The van der Waals surface area contributed by atoms with Crippen molar-refractivity contribution < 1.29 is 17.4 Å². The van der Waals surface area contributed by atoms with Crippen molar-refractivity contribution in [2.75, 3.05) is 0 Å². The predicted octanol–water partition coefficient (Wildman–Crippen LogP) is 3.24. The summed E-state index contributed by atoms with van der Waals surface area (Å²) in [5, 5.41) is 9.81. The Labute approximate surface area is 147 Å². The molecule has 126 valence electrons. The van der Waals surface area contributed by atoms with Crippen molar-refractivity contribution in [1.29, 1.82) is 0 Å². The van der Waals surface area contributed by atoms with E-state index in [1.165, 1.54) is 18.2 Å². The highest BCUT2D eigenvalue weighted by Gasteiger charge is 2.29. The van der Waals surface area contributed by atoms with Gasteiger partial charge in [0.2, 0.25) is 0 Å². The molecular formula is C19H17N3O3. The molecule has 2 aromatic heterocycles. The molecule has 0 bridgehead atoms. The van der Waals surface area contributed by atoms with Crippen LogP contribution in [0.5, 0.6) is 11.5 Å². The lowest BCUT2D eigenvalue weighted by Crippen LogP contribution is -2.08. The normalized spacial score (nSPS) is 15.4. The summed E-state index contributed by atoms with van der Waals surface area (Å²) in [5.41, 5.74) is 0.0956. The van der Waals surface area contributed by atoms with Gasteiger partial charge in [-0.25, -0.2) is 9.97 Å². The molecule has 0 atom stereocenters. The van der Waals surface area contributed by atoms with Gasteiger partial charge in [0, 0.05) is 30.1 Å². The number of carbonyl (C=O) groups is 1. The van der Waals surface area contributed by atoms with E-state index >= 15 is 0 Å². The zero-order valence-corrected chi connectivity index (χ0v) is 13.3. The molecule has 0 saturated heterocycles. The molecule has 4 rings (SSSR count). The summed E-state index contributed by atoms with van der Waals surface area (Å²) in [4.78, 5) is 20.0. The molecule has 0 radical (unpaired) electrons. The van der Waals surface area contributed by atoms with Crippen LogP contribution in [0.1, 0.15) is 43.2 Å². The first-order chi connectivity index (χ1) is 13.0. The lowest BCUT2D eigenvalue weighted by atomic mass is 10.2. The zero-order chi connectivity index (χ0) is 19.0. The molecule has 1 aliphatic carbocycles. The van der Waals surface area contributed by atoms with Crippen LogP contribution in [0.4, 0.5) is 0 Å². The van der Waals surface area contributed by atoms with E-state index in [9.17, 15) is 9.90 Å². The number of phenolic OH excluding ortho intramolecular Hbond substituents is 1. The Balaban J connectivity index is 1.76. The zero-order valence-electron chi connectivity index (χ0n) is 15.3. The van der Waals surface area contributed by atoms with Crippen molar-refractivity contribution in [3.8, 4) is 17.3 Å². The molecule has 25 heavy (non-hydrogen) atoms. The van der Waals surface area contributed by atoms with Gasteiger partial charge < -0.3 is 9.84 Å². The number of rotatable bonds is 6. The fourth-order valence-corrected chi connectivity index (χ4v) is 2.66. The lowest BCUT2D eigenvalue weighted by Gasteiger charge is -2.13. The van der Waals surface area contributed by atoms with E-state index in [0.29, 0.717) is 18.0 Å². The topological polar surface area (TPSA) is 77.2 Å². The van der Waals surface area contributed by atoms with E-state index in [4.69, 9.17) is 7.48 Å². The van der Waals surface area contributed by atoms with E-state index in [-0.39, 0.29) is 22.6 Å². The van der Waals surface area contributed by atoms with Gasteiger partial charge in [0.1, 0.15) is 29.7 Å². The molecule has 6 heteroatoms. The number of benzene rings is 1. The number of hydrogen-bond donors (Lipinski definition) is 1. The minimum absolute atomic E-state index is 0.0437. The van der Waals surface area contributed by atoms with Gasteiger partial charge in [-0.05, 0) is 31.0 Å². The number of hydrogen-bond acceptors (Lipinski definition) is 5. The fraction of sp³-hybridized carbons (Fsp3) is 0.211. The standard InChI is InChI=1S/C19H17N3O3/c23-11-15-16(24)4-1-5-17(15)25-12-14-3-2-8-20-19(14)22-10-9-21-18(22)13-6-7-13/h1-5,8-11,13,24H,6-7,12H2/i12D2. The second-order valence-electron chi connectivity index (χ2n) is 5.82. The molecule has 1 N–H and O–H groups in total. The average Bonchev–Trinajstić information content (AvgIpc) is 3.38. The van der Waals surface area contributed by atoms with E-state index < -0.39 is 6.56 Å². The van der Waals surface area contributed by atoms with Crippen LogP contribution < -0.4 is 4.74 Å². The molecule has 6 nitrogen and oxygen atoms in total. The van der Waals surface area contributed by atoms with Gasteiger partial charge in [-0.3, -0.25) is 9.36 Å². The van der Waals surface area contributed by atoms with Crippen LogP contribution in [-0.2, 0) is 6.56 Å². The number of aromatic hydroxyl groups is 1. The van der Waals surface area contributed by atoms with E-state index in [1.807, 2.05) is 0 Å². The number of pyridine rings is 1. The van der Waals surface area contributed by atoms with Crippen molar-refractivity contribution in [3.05, 3.63) is 65.9 Å². The third kappa shape index (κ3) is 2.98. The largest absolute Gasteiger partial charge is 0.507 e. The number of nitrogens with zero attached hydrogens (tertiary/aromatic N) is 3. The minimum Gasteiger partial charge on any atom is -0.507 e. The monoisotopic (exact) mass is 337 g/mol. The van der Waals surface area contributed by atoms with Crippen LogP contribution in [0.2, 0.25) is 0 Å². The number of phenols is 1. The molecule has 2 heterocycles. The van der Waals surface area contributed by atoms with Crippen molar-refractivity contribution in [2.24, 2.45) is 0 Å². The van der Waals surface area contributed by atoms with Crippen LogP contribution in [0, 0.1) is 0 Å². The third-order valence-electron chi connectivity index (χ3n) is 4.06. The van der Waals surface area contributed by atoms with Crippen molar-refractivity contribution in [2.45, 2.75) is 25.3 Å². The highest BCUT2D eigenvalue weighted by Crippen LogP contribution is 2.40. The number of carbonyl (C=O) groups excluding carboxylic acids is 1. The Hall–Kier alpha value is -3.15. The summed E-state index contributed by atoms with van der Waals surface area (Å²) in [7, 11) is 0. The van der Waals surface area contributed by atoms with Crippen LogP contribution >= 0.6 is 0 Å². The minimum atomic E-state index is -2.29. The van der Waals surface area contributed by atoms with E-state index in [2.05, 4.69) is 9.97 Å². The van der Waals surface area contributed by atoms with Gasteiger partial charge in [0.25, 0.3) is 0 Å². The summed E-state index contributed by atoms with van der Waals surface area (Å²) in [5.74, 6) is 1.27. The second-order valence-corrected chi connectivity index (χ2v) is 5.82. The van der Waals surface area contributed by atoms with Gasteiger partial charge in [0.15, 0.2) is 6.29 Å². The van der Waals surface area contributed by atoms with E-state index in [1.54, 1.807) is 35.3 Å². The maximum atomic E-state index is 11.3. The molecular weight excluding hydrogens is 318 g/mol. The molecule has 3 aromatic rings. The van der Waals surface area contributed by atoms with Crippen molar-refractivity contribution >= 4 is 6.29 Å². The first-order valence-electron chi connectivity index (χ1n) is 8.96. The fourth-order valence-electron chi connectivity index (χ4n) is 2.66. The quantitative estimate of drug-likeness (QED) is 0.699. The Kier molecular flexibility index (Phi) is 3.37. The number of aromatic nitrogens is 3. The Morgan fingerprint density at radius 2 is 2.16 bits per heavy atom. The highest BCUT2D eigenvalue weighted by molar-refractivity contribution is 5.83. The molecule has 1 fully saturated rings. The first kappa shape index (κ1) is 13.2. The smallest absolute Gasteiger partial charge is 0.157 e. The Morgan fingerprint density at radius 3 is 2.96 bits per heavy atom. The van der Waals surface area contributed by atoms with E-state index in [0.717, 1.165) is 18.7 Å². The molecule has 0 unspecified atom stereocenters.